The van der Waals surface area contributed by atoms with Crippen molar-refractivity contribution in [1.29, 1.82) is 0 Å². The van der Waals surface area contributed by atoms with Crippen molar-refractivity contribution in [3.05, 3.63) is 0 Å². The van der Waals surface area contributed by atoms with Gasteiger partial charge in [-0.2, -0.15) is 0 Å². The van der Waals surface area contributed by atoms with Crippen LogP contribution in [0.15, 0.2) is 0 Å². The van der Waals surface area contributed by atoms with E-state index in [4.69, 9.17) is 4.74 Å². The molecule has 0 spiro atoms. The molecule has 0 radical (unpaired) electrons. The molecule has 0 N–H and O–H groups in total. The van der Waals surface area contributed by atoms with Crippen molar-refractivity contribution in [3.63, 3.8) is 0 Å². The molecule has 0 aromatic rings. The number of hydrogen-bond acceptors (Lipinski definition) is 2. The van der Waals surface area contributed by atoms with Crippen LogP contribution in [0.1, 0.15) is 19.8 Å². The molecule has 11 heavy (non-hydrogen) atoms. The Labute approximate surface area is 75.1 Å². The fraction of sp³-hybridized carbons (Fsp3) is 0.875. The first-order valence-electron chi connectivity index (χ1n) is 3.93. The van der Waals surface area contributed by atoms with Crippen LogP contribution in [0.3, 0.4) is 0 Å². The Hall–Kier alpha value is 0.200. The number of ether oxygens (including phenoxy) is 1. The van der Waals surface area contributed by atoms with E-state index in [0.29, 0.717) is 6.42 Å². The molecule has 0 amide bonds. The normalized spacial score (nSPS) is 27.1. The molecule has 0 aromatic heterocycles. The fourth-order valence-electron chi connectivity index (χ4n) is 1.12. The summed E-state index contributed by atoms with van der Waals surface area (Å²) in [5.74, 6) is -0.0267. The number of halogens is 1. The molecule has 1 aliphatic heterocycles. The number of carbonyl (C=O) groups is 1. The molecule has 0 aliphatic carbocycles. The second kappa shape index (κ2) is 4.28. The summed E-state index contributed by atoms with van der Waals surface area (Å²) in [4.78, 5) is 13.2. The number of esters is 1. The average Bonchev–Trinajstić information content (AvgIpc) is 2.35. The van der Waals surface area contributed by atoms with E-state index in [1.807, 2.05) is 6.92 Å². The summed E-state index contributed by atoms with van der Waals surface area (Å²) in [6, 6.07) is 0. The summed E-state index contributed by atoms with van der Waals surface area (Å²) in [6.07, 6.45) is 1.94. The number of rotatable bonds is 2. The van der Waals surface area contributed by atoms with Gasteiger partial charge in [0.25, 0.3) is 0 Å². The minimum absolute atomic E-state index is 0.0267. The molecule has 1 rings (SSSR count). The Morgan fingerprint density at radius 2 is 2.45 bits per heavy atom. The van der Waals surface area contributed by atoms with E-state index in [1.165, 1.54) is 8.86 Å². The number of carbonyl (C=O) groups excluding carboxylic acids is 1. The fourth-order valence-corrected chi connectivity index (χ4v) is 5.61. The quantitative estimate of drug-likeness (QED) is 0.435. The zero-order valence-electron chi connectivity index (χ0n) is 7.10. The Morgan fingerprint density at radius 1 is 1.73 bits per heavy atom. The van der Waals surface area contributed by atoms with Gasteiger partial charge in [-0.1, -0.05) is 0 Å². The molecule has 1 aliphatic rings. The molecule has 1 saturated heterocycles. The van der Waals surface area contributed by atoms with Crippen LogP contribution in [-0.2, 0) is 9.53 Å². The third-order valence-electron chi connectivity index (χ3n) is 1.78. The van der Waals surface area contributed by atoms with Crippen molar-refractivity contribution >= 4 is 25.8 Å². The van der Waals surface area contributed by atoms with E-state index in [9.17, 15) is 4.79 Å². The molecule has 1 fully saturated rings. The monoisotopic (exact) mass is 270 g/mol. The van der Waals surface area contributed by atoms with Crippen molar-refractivity contribution in [3.8, 4) is 0 Å². The molecule has 0 bridgehead atoms. The zero-order chi connectivity index (χ0) is 8.27. The third-order valence-corrected chi connectivity index (χ3v) is 6.73. The van der Waals surface area contributed by atoms with Crippen LogP contribution in [0, 0.1) is 0 Å². The van der Waals surface area contributed by atoms with E-state index >= 15 is 0 Å². The minimum atomic E-state index is -0.607. The molecule has 3 heteroatoms. The molecular formula is C8H15IO2. The van der Waals surface area contributed by atoms with E-state index in [1.54, 1.807) is 0 Å². The average molecular weight is 270 g/mol. The van der Waals surface area contributed by atoms with Crippen molar-refractivity contribution in [1.82, 2.24) is 0 Å². The van der Waals surface area contributed by atoms with Gasteiger partial charge in [-0.15, -0.1) is 0 Å². The van der Waals surface area contributed by atoms with Crippen LogP contribution in [0.2, 0.25) is 0 Å². The van der Waals surface area contributed by atoms with Gasteiger partial charge >= 0.3 is 75.0 Å². The van der Waals surface area contributed by atoms with Gasteiger partial charge in [-0.05, 0) is 0 Å². The number of alkyl halides is 3. The molecule has 0 aromatic carbocycles. The second-order valence-electron chi connectivity index (χ2n) is 2.82. The van der Waals surface area contributed by atoms with Crippen molar-refractivity contribution in [2.75, 3.05) is 13.8 Å². The van der Waals surface area contributed by atoms with Gasteiger partial charge in [0.05, 0.1) is 0 Å². The van der Waals surface area contributed by atoms with Gasteiger partial charge in [0, 0.05) is 0 Å². The van der Waals surface area contributed by atoms with Crippen molar-refractivity contribution in [2.24, 2.45) is 0 Å². The topological polar surface area (TPSA) is 26.3 Å². The van der Waals surface area contributed by atoms with Crippen LogP contribution >= 0.6 is 19.8 Å². The Kier molecular flexibility index (Phi) is 3.62. The molecular weight excluding hydrogens is 255 g/mol. The van der Waals surface area contributed by atoms with Gasteiger partial charge < -0.3 is 0 Å². The van der Waals surface area contributed by atoms with Gasteiger partial charge in [0.15, 0.2) is 0 Å². The predicted octanol–water partition coefficient (Wildman–Crippen LogP) is 1.85. The summed E-state index contributed by atoms with van der Waals surface area (Å²) < 4.78 is 7.82. The van der Waals surface area contributed by atoms with Gasteiger partial charge in [0.2, 0.25) is 0 Å². The van der Waals surface area contributed by atoms with Gasteiger partial charge in [-0.25, -0.2) is 0 Å². The van der Waals surface area contributed by atoms with Crippen molar-refractivity contribution in [2.45, 2.75) is 25.9 Å². The second-order valence-corrected chi connectivity index (χ2v) is 8.91. The van der Waals surface area contributed by atoms with Gasteiger partial charge in [-0.3, -0.25) is 0 Å². The van der Waals surface area contributed by atoms with Gasteiger partial charge in [0.1, 0.15) is 0 Å². The maximum atomic E-state index is 10.9. The van der Waals surface area contributed by atoms with E-state index in [-0.39, 0.29) is 12.1 Å². The zero-order valence-corrected chi connectivity index (χ0v) is 9.26. The summed E-state index contributed by atoms with van der Waals surface area (Å²) >= 11 is -0.607. The van der Waals surface area contributed by atoms with Crippen molar-refractivity contribution < 1.29 is 9.53 Å². The Morgan fingerprint density at radius 3 is 2.91 bits per heavy atom. The predicted molar refractivity (Wildman–Crippen MR) is 54.5 cm³/mol. The van der Waals surface area contributed by atoms with E-state index in [0.717, 1.165) is 6.42 Å². The molecule has 1 unspecified atom stereocenters. The van der Waals surface area contributed by atoms with Crippen LogP contribution in [0.4, 0.5) is 0 Å². The van der Waals surface area contributed by atoms with Crippen LogP contribution in [-0.4, -0.2) is 25.9 Å². The first kappa shape index (κ1) is 9.29. The Balaban J connectivity index is 2.23. The molecule has 0 saturated carbocycles. The van der Waals surface area contributed by atoms with Crippen LogP contribution in [0.5, 0.6) is 0 Å². The standard InChI is InChI=1S/C8H15IO2/c1-3-8(10)11-7-4-5-9(2)6-7/h7H,3-6H2,1-2H3. The first-order chi connectivity index (χ1) is 5.22. The summed E-state index contributed by atoms with van der Waals surface area (Å²) in [6.45, 7) is 1.85. The summed E-state index contributed by atoms with van der Waals surface area (Å²) in [5, 5.41) is 0. The van der Waals surface area contributed by atoms with E-state index in [2.05, 4.69) is 4.93 Å². The Bertz CT molecular complexity index is 147. The third kappa shape index (κ3) is 2.97. The van der Waals surface area contributed by atoms with Crippen LogP contribution in [0.25, 0.3) is 0 Å². The molecule has 1 heterocycles. The number of hydrogen-bond donors (Lipinski definition) is 0. The molecule has 66 valence electrons. The summed E-state index contributed by atoms with van der Waals surface area (Å²) in [5.41, 5.74) is 0. The van der Waals surface area contributed by atoms with Crippen LogP contribution < -0.4 is 0 Å². The first-order valence-corrected chi connectivity index (χ1v) is 9.14. The maximum absolute atomic E-state index is 10.9. The molecule has 2 nitrogen and oxygen atoms in total. The SMILES string of the molecule is CCC(=O)OC1CCI(C)C1. The van der Waals surface area contributed by atoms with E-state index < -0.39 is 19.8 Å². The molecule has 1 atom stereocenters. The summed E-state index contributed by atoms with van der Waals surface area (Å²) in [7, 11) is 0.